The number of hydrogen-bond acceptors (Lipinski definition) is 6. The summed E-state index contributed by atoms with van der Waals surface area (Å²) < 4.78 is 34.5. The molecule has 1 unspecified atom stereocenters. The van der Waals surface area contributed by atoms with Crippen LogP contribution in [0.5, 0.6) is 11.8 Å². The molecular weight excluding hydrogens is 396 g/mol. The second-order valence-electron chi connectivity index (χ2n) is 7.10. The zero-order valence-corrected chi connectivity index (χ0v) is 16.7. The number of Topliss-reactive ketones (excluding diaryl/α,β-unsaturated/α-hetero) is 1. The van der Waals surface area contributed by atoms with Gasteiger partial charge in [-0.2, -0.15) is 4.98 Å². The number of methoxy groups -OCH3 is 1. The van der Waals surface area contributed by atoms with Crippen molar-refractivity contribution in [2.24, 2.45) is 5.92 Å². The van der Waals surface area contributed by atoms with Crippen LogP contribution < -0.4 is 14.8 Å². The summed E-state index contributed by atoms with van der Waals surface area (Å²) in [5.41, 5.74) is 1.62. The van der Waals surface area contributed by atoms with Crippen LogP contribution in [0.15, 0.2) is 30.5 Å². The van der Waals surface area contributed by atoms with Gasteiger partial charge in [0.2, 0.25) is 11.8 Å². The average Bonchev–Trinajstić information content (AvgIpc) is 3.57. The van der Waals surface area contributed by atoms with Gasteiger partial charge in [0.1, 0.15) is 11.3 Å². The molecule has 2 aromatic rings. The molecule has 0 aromatic carbocycles. The fourth-order valence-corrected chi connectivity index (χ4v) is 2.93. The molecule has 0 radical (unpaired) electrons. The summed E-state index contributed by atoms with van der Waals surface area (Å²) in [6.07, 6.45) is 1.17. The zero-order chi connectivity index (χ0) is 21.7. The SMILES string of the molecule is COc1nc(OCC(F)F)ccc1C(=O)NC(C)c1ccnc(CC(=O)C2CC2)c1. The second-order valence-corrected chi connectivity index (χ2v) is 7.10. The van der Waals surface area contributed by atoms with Gasteiger partial charge < -0.3 is 14.8 Å². The molecule has 1 fully saturated rings. The molecule has 3 rings (SSSR count). The van der Waals surface area contributed by atoms with Crippen LogP contribution >= 0.6 is 0 Å². The van der Waals surface area contributed by atoms with E-state index in [0.29, 0.717) is 5.69 Å². The minimum Gasteiger partial charge on any atom is -0.480 e. The van der Waals surface area contributed by atoms with E-state index >= 15 is 0 Å². The number of halogens is 2. The molecule has 9 heteroatoms. The number of aromatic nitrogens is 2. The first kappa shape index (κ1) is 21.6. The van der Waals surface area contributed by atoms with Gasteiger partial charge in [-0.1, -0.05) is 0 Å². The van der Waals surface area contributed by atoms with Crippen molar-refractivity contribution in [2.75, 3.05) is 13.7 Å². The van der Waals surface area contributed by atoms with E-state index in [1.54, 1.807) is 19.2 Å². The number of ether oxygens (including phenoxy) is 2. The lowest BCUT2D eigenvalue weighted by atomic mass is 10.1. The number of amides is 1. The molecule has 1 atom stereocenters. The normalized spacial score (nSPS) is 14.3. The van der Waals surface area contributed by atoms with Crippen molar-refractivity contribution in [1.29, 1.82) is 0 Å². The molecule has 30 heavy (non-hydrogen) atoms. The number of alkyl halides is 2. The maximum absolute atomic E-state index is 12.7. The van der Waals surface area contributed by atoms with Crippen molar-refractivity contribution in [3.63, 3.8) is 0 Å². The summed E-state index contributed by atoms with van der Waals surface area (Å²) in [5, 5.41) is 2.84. The van der Waals surface area contributed by atoms with Gasteiger partial charge in [0.15, 0.2) is 6.61 Å². The van der Waals surface area contributed by atoms with Crippen molar-refractivity contribution in [3.8, 4) is 11.8 Å². The molecule has 2 heterocycles. The first-order valence-corrected chi connectivity index (χ1v) is 9.61. The number of ketones is 1. The zero-order valence-electron chi connectivity index (χ0n) is 16.7. The predicted octanol–water partition coefficient (Wildman–Crippen LogP) is 3.14. The van der Waals surface area contributed by atoms with E-state index < -0.39 is 18.9 Å². The Morgan fingerprint density at radius 3 is 2.70 bits per heavy atom. The van der Waals surface area contributed by atoms with E-state index in [1.165, 1.54) is 19.2 Å². The number of hydrogen-bond donors (Lipinski definition) is 1. The summed E-state index contributed by atoms with van der Waals surface area (Å²) in [5.74, 6) is -0.172. The fraction of sp³-hybridized carbons (Fsp3) is 0.429. The van der Waals surface area contributed by atoms with Gasteiger partial charge in [0, 0.05) is 30.3 Å². The third-order valence-corrected chi connectivity index (χ3v) is 4.71. The lowest BCUT2D eigenvalue weighted by Crippen LogP contribution is -2.27. The standard InChI is InChI=1S/C21H23F2N3O4/c1-12(14-7-8-24-15(9-14)10-17(27)13-3-4-13)25-20(28)16-5-6-19(26-21(16)29-2)30-11-18(22)23/h5-9,12-13,18H,3-4,10-11H2,1-2H3,(H,25,28). The molecule has 0 bridgehead atoms. The molecule has 1 amide bonds. The lowest BCUT2D eigenvalue weighted by Gasteiger charge is -2.16. The number of nitrogens with one attached hydrogen (secondary N) is 1. The summed E-state index contributed by atoms with van der Waals surface area (Å²) >= 11 is 0. The number of carbonyl (C=O) groups is 2. The monoisotopic (exact) mass is 419 g/mol. The molecule has 160 valence electrons. The number of nitrogens with zero attached hydrogens (tertiary/aromatic N) is 2. The Morgan fingerprint density at radius 2 is 2.03 bits per heavy atom. The van der Waals surface area contributed by atoms with Gasteiger partial charge in [0.05, 0.1) is 13.2 Å². The molecule has 1 aliphatic carbocycles. The Labute approximate surface area is 172 Å². The van der Waals surface area contributed by atoms with Crippen LogP contribution in [0.3, 0.4) is 0 Å². The van der Waals surface area contributed by atoms with Crippen LogP contribution in [0.4, 0.5) is 8.78 Å². The molecule has 1 N–H and O–H groups in total. The van der Waals surface area contributed by atoms with Crippen molar-refractivity contribution >= 4 is 11.7 Å². The summed E-state index contributed by atoms with van der Waals surface area (Å²) in [7, 11) is 1.32. The molecule has 1 saturated carbocycles. The van der Waals surface area contributed by atoms with Crippen molar-refractivity contribution in [2.45, 2.75) is 38.7 Å². The second kappa shape index (κ2) is 9.60. The van der Waals surface area contributed by atoms with Gasteiger partial charge in [-0.25, -0.2) is 8.78 Å². The summed E-state index contributed by atoms with van der Waals surface area (Å²) in [4.78, 5) is 32.9. The van der Waals surface area contributed by atoms with E-state index in [-0.39, 0.29) is 41.5 Å². The Balaban J connectivity index is 1.67. The Hall–Kier alpha value is -3.10. The van der Waals surface area contributed by atoms with Gasteiger partial charge in [-0.05, 0) is 43.5 Å². The van der Waals surface area contributed by atoms with Crippen molar-refractivity contribution < 1.29 is 27.8 Å². The predicted molar refractivity (Wildman–Crippen MR) is 104 cm³/mol. The Kier molecular flexibility index (Phi) is 6.91. The van der Waals surface area contributed by atoms with Crippen LogP contribution in [0.1, 0.15) is 47.4 Å². The van der Waals surface area contributed by atoms with Crippen LogP contribution in [-0.2, 0) is 11.2 Å². The van der Waals surface area contributed by atoms with Gasteiger partial charge in [-0.3, -0.25) is 14.6 Å². The largest absolute Gasteiger partial charge is 0.480 e. The smallest absolute Gasteiger partial charge is 0.272 e. The minimum atomic E-state index is -2.63. The van der Waals surface area contributed by atoms with E-state index in [4.69, 9.17) is 9.47 Å². The maximum atomic E-state index is 12.7. The van der Waals surface area contributed by atoms with Crippen molar-refractivity contribution in [3.05, 3.63) is 47.3 Å². The molecule has 0 saturated heterocycles. The maximum Gasteiger partial charge on any atom is 0.272 e. The summed E-state index contributed by atoms with van der Waals surface area (Å²) in [6, 6.07) is 5.95. The van der Waals surface area contributed by atoms with E-state index in [2.05, 4.69) is 15.3 Å². The molecule has 1 aliphatic rings. The van der Waals surface area contributed by atoms with Crippen LogP contribution in [0.2, 0.25) is 0 Å². The fourth-order valence-electron chi connectivity index (χ4n) is 2.93. The lowest BCUT2D eigenvalue weighted by molar-refractivity contribution is -0.119. The first-order chi connectivity index (χ1) is 14.4. The highest BCUT2D eigenvalue weighted by molar-refractivity contribution is 5.96. The average molecular weight is 419 g/mol. The number of rotatable bonds is 10. The molecular formula is C21H23F2N3O4. The van der Waals surface area contributed by atoms with Gasteiger partial charge in [-0.15, -0.1) is 0 Å². The van der Waals surface area contributed by atoms with E-state index in [9.17, 15) is 18.4 Å². The van der Waals surface area contributed by atoms with E-state index in [0.717, 1.165) is 18.4 Å². The van der Waals surface area contributed by atoms with Crippen LogP contribution in [0.25, 0.3) is 0 Å². The molecule has 0 spiro atoms. The quantitative estimate of drug-likeness (QED) is 0.636. The highest BCUT2D eigenvalue weighted by Crippen LogP contribution is 2.31. The highest BCUT2D eigenvalue weighted by atomic mass is 19.3. The Bertz CT molecular complexity index is 919. The van der Waals surface area contributed by atoms with Crippen molar-refractivity contribution in [1.82, 2.24) is 15.3 Å². The topological polar surface area (TPSA) is 90.4 Å². The first-order valence-electron chi connectivity index (χ1n) is 9.61. The Morgan fingerprint density at radius 1 is 1.27 bits per heavy atom. The van der Waals surface area contributed by atoms with Gasteiger partial charge in [0.25, 0.3) is 12.3 Å². The highest BCUT2D eigenvalue weighted by Gasteiger charge is 2.29. The molecule has 7 nitrogen and oxygen atoms in total. The van der Waals surface area contributed by atoms with Crippen LogP contribution in [0, 0.1) is 5.92 Å². The number of pyridine rings is 2. The van der Waals surface area contributed by atoms with Gasteiger partial charge >= 0.3 is 0 Å². The molecule has 2 aromatic heterocycles. The molecule has 0 aliphatic heterocycles. The third-order valence-electron chi connectivity index (χ3n) is 4.71. The summed E-state index contributed by atoms with van der Waals surface area (Å²) in [6.45, 7) is 1.01. The van der Waals surface area contributed by atoms with Crippen LogP contribution in [-0.4, -0.2) is 41.8 Å². The minimum absolute atomic E-state index is 0.0306. The third kappa shape index (κ3) is 5.71. The number of carbonyl (C=O) groups excluding carboxylic acids is 2. The van der Waals surface area contributed by atoms with E-state index in [1.807, 2.05) is 6.07 Å².